The molecule has 1 aromatic carbocycles. The van der Waals surface area contributed by atoms with E-state index in [0.29, 0.717) is 19.1 Å². The van der Waals surface area contributed by atoms with Crippen molar-refractivity contribution >= 4 is 12.1 Å². The van der Waals surface area contributed by atoms with Crippen LogP contribution in [-0.2, 0) is 15.9 Å². The van der Waals surface area contributed by atoms with Crippen LogP contribution in [0.15, 0.2) is 29.3 Å². The van der Waals surface area contributed by atoms with E-state index in [1.807, 2.05) is 0 Å². The fraction of sp³-hybridized carbons (Fsp3) is 0.636. The molecule has 1 amide bonds. The highest BCUT2D eigenvalue weighted by Gasteiger charge is 2.23. The Kier molecular flexibility index (Phi) is 8.16. The Bertz CT molecular complexity index is 686. The van der Waals surface area contributed by atoms with Gasteiger partial charge in [-0.2, -0.15) is 0 Å². The van der Waals surface area contributed by atoms with Gasteiger partial charge in [0.25, 0.3) is 0 Å². The number of nitrogens with one attached hydrogen (secondary N) is 2. The van der Waals surface area contributed by atoms with E-state index in [1.165, 1.54) is 24.7 Å². The number of likely N-dealkylation sites (tertiary alicyclic amines) is 1. The molecule has 0 saturated carbocycles. The van der Waals surface area contributed by atoms with Crippen molar-refractivity contribution in [2.45, 2.75) is 50.7 Å². The smallest absolute Gasteiger partial charge is 0.409 e. The van der Waals surface area contributed by atoms with Crippen LogP contribution >= 0.6 is 0 Å². The van der Waals surface area contributed by atoms with Crippen LogP contribution in [-0.4, -0.2) is 63.4 Å². The second-order valence-electron chi connectivity index (χ2n) is 7.68. The molecule has 1 aliphatic carbocycles. The summed E-state index contributed by atoms with van der Waals surface area (Å²) in [6, 6.07) is 8.96. The maximum absolute atomic E-state index is 11.6. The molecule has 1 atom stereocenters. The van der Waals surface area contributed by atoms with Crippen LogP contribution in [0, 0.1) is 0 Å². The van der Waals surface area contributed by atoms with Crippen molar-refractivity contribution in [3.63, 3.8) is 0 Å². The van der Waals surface area contributed by atoms with E-state index >= 15 is 0 Å². The normalized spacial score (nSPS) is 20.1. The molecule has 1 aliphatic heterocycles. The summed E-state index contributed by atoms with van der Waals surface area (Å²) in [5.41, 5.74) is 2.80. The number of ether oxygens (including phenoxy) is 2. The first-order valence-corrected chi connectivity index (χ1v) is 10.7. The highest BCUT2D eigenvalue weighted by atomic mass is 16.5. The molecule has 1 heterocycles. The minimum absolute atomic E-state index is 0.234. The number of aryl methyl sites for hydroxylation is 1. The van der Waals surface area contributed by atoms with Crippen molar-refractivity contribution in [2.75, 3.05) is 40.4 Å². The first kappa shape index (κ1) is 21.4. The third-order valence-corrected chi connectivity index (χ3v) is 5.74. The molecule has 1 aromatic rings. The van der Waals surface area contributed by atoms with Crippen LogP contribution < -0.4 is 10.6 Å². The number of nitrogens with zero attached hydrogens (tertiary/aromatic N) is 2. The minimum atomic E-state index is -0.244. The van der Waals surface area contributed by atoms with Crippen molar-refractivity contribution in [2.24, 2.45) is 4.99 Å². The fourth-order valence-corrected chi connectivity index (χ4v) is 4.11. The predicted octanol–water partition coefficient (Wildman–Crippen LogP) is 2.87. The molecule has 0 aromatic heterocycles. The molecule has 0 spiro atoms. The van der Waals surface area contributed by atoms with E-state index in [-0.39, 0.29) is 12.2 Å². The Morgan fingerprint density at radius 3 is 2.79 bits per heavy atom. The van der Waals surface area contributed by atoms with Crippen molar-refractivity contribution in [1.82, 2.24) is 15.5 Å². The molecular formula is C22H34N4O3. The van der Waals surface area contributed by atoms with Crippen LogP contribution in [0.5, 0.6) is 0 Å². The van der Waals surface area contributed by atoms with Gasteiger partial charge in [0.15, 0.2) is 5.96 Å². The van der Waals surface area contributed by atoms with Gasteiger partial charge < -0.3 is 25.0 Å². The van der Waals surface area contributed by atoms with Gasteiger partial charge in [-0.3, -0.25) is 4.99 Å². The largest absolute Gasteiger partial charge is 0.453 e. The maximum Gasteiger partial charge on any atom is 0.409 e. The molecule has 1 unspecified atom stereocenters. The molecule has 2 aliphatic rings. The second-order valence-corrected chi connectivity index (χ2v) is 7.68. The summed E-state index contributed by atoms with van der Waals surface area (Å²) in [7, 11) is 3.21. The molecular weight excluding hydrogens is 368 g/mol. The molecule has 2 N–H and O–H groups in total. The van der Waals surface area contributed by atoms with E-state index < -0.39 is 0 Å². The zero-order valence-corrected chi connectivity index (χ0v) is 17.7. The number of piperidine rings is 1. The van der Waals surface area contributed by atoms with E-state index in [9.17, 15) is 4.79 Å². The lowest BCUT2D eigenvalue weighted by Crippen LogP contribution is -2.49. The molecule has 7 nitrogen and oxygen atoms in total. The first-order valence-electron chi connectivity index (χ1n) is 10.7. The van der Waals surface area contributed by atoms with E-state index in [4.69, 9.17) is 9.47 Å². The summed E-state index contributed by atoms with van der Waals surface area (Å²) >= 11 is 0. The molecule has 0 bridgehead atoms. The Hall–Kier alpha value is -2.28. The van der Waals surface area contributed by atoms with Gasteiger partial charge in [-0.15, -0.1) is 0 Å². The topological polar surface area (TPSA) is 75.2 Å². The highest BCUT2D eigenvalue weighted by molar-refractivity contribution is 5.80. The van der Waals surface area contributed by atoms with Gasteiger partial charge in [0.1, 0.15) is 0 Å². The third-order valence-electron chi connectivity index (χ3n) is 5.74. The fourth-order valence-electron chi connectivity index (χ4n) is 4.11. The number of guanidine groups is 1. The third kappa shape index (κ3) is 6.10. The number of aliphatic imine (C=N–C) groups is 1. The number of hydrogen-bond acceptors (Lipinski definition) is 4. The number of benzene rings is 1. The van der Waals surface area contributed by atoms with Crippen molar-refractivity contribution in [3.8, 4) is 0 Å². The number of rotatable bonds is 6. The molecule has 3 rings (SSSR count). The number of hydrogen-bond donors (Lipinski definition) is 2. The monoisotopic (exact) mass is 402 g/mol. The van der Waals surface area contributed by atoms with Crippen LogP contribution in [0.1, 0.15) is 49.3 Å². The zero-order valence-electron chi connectivity index (χ0n) is 17.7. The summed E-state index contributed by atoms with van der Waals surface area (Å²) in [5, 5.41) is 6.83. The zero-order chi connectivity index (χ0) is 20.5. The molecule has 29 heavy (non-hydrogen) atoms. The lowest BCUT2D eigenvalue weighted by Gasteiger charge is -2.32. The van der Waals surface area contributed by atoms with Gasteiger partial charge in [0.2, 0.25) is 0 Å². The van der Waals surface area contributed by atoms with Crippen LogP contribution in [0.3, 0.4) is 0 Å². The van der Waals surface area contributed by atoms with Crippen LogP contribution in [0.25, 0.3) is 0 Å². The van der Waals surface area contributed by atoms with Gasteiger partial charge >= 0.3 is 6.09 Å². The van der Waals surface area contributed by atoms with E-state index in [1.54, 1.807) is 11.9 Å². The SMILES string of the molecule is CN=C(NCCCOC1CCCc2ccccc21)NC1CCN(C(=O)OC)CC1. The van der Waals surface area contributed by atoms with E-state index in [2.05, 4.69) is 39.9 Å². The van der Waals surface area contributed by atoms with Crippen molar-refractivity contribution < 1.29 is 14.3 Å². The average molecular weight is 403 g/mol. The number of carbonyl (C=O) groups excluding carboxylic acids is 1. The Labute approximate surface area is 173 Å². The Morgan fingerprint density at radius 1 is 1.24 bits per heavy atom. The second kappa shape index (κ2) is 11.0. The number of methoxy groups -OCH3 is 1. The standard InChI is InChI=1S/C22H34N4O3/c1-23-21(25-18-11-14-26(15-12-18)22(27)28-2)24-13-6-16-29-20-10-5-8-17-7-3-4-9-19(17)20/h3-4,7,9,18,20H,5-6,8,10-16H2,1-2H3,(H2,23,24,25). The minimum Gasteiger partial charge on any atom is -0.453 e. The summed E-state index contributed by atoms with van der Waals surface area (Å²) in [4.78, 5) is 17.6. The highest BCUT2D eigenvalue weighted by Crippen LogP contribution is 2.32. The number of carbonyl (C=O) groups is 1. The van der Waals surface area contributed by atoms with Gasteiger partial charge in [-0.05, 0) is 49.7 Å². The molecule has 0 radical (unpaired) electrons. The molecule has 1 saturated heterocycles. The predicted molar refractivity (Wildman–Crippen MR) is 114 cm³/mol. The maximum atomic E-state index is 11.6. The summed E-state index contributed by atoms with van der Waals surface area (Å²) in [6.07, 6.45) is 6.17. The van der Waals surface area contributed by atoms with Crippen LogP contribution in [0.2, 0.25) is 0 Å². The quantitative estimate of drug-likeness (QED) is 0.435. The Balaban J connectivity index is 1.32. The molecule has 7 heteroatoms. The van der Waals surface area contributed by atoms with Gasteiger partial charge in [0.05, 0.1) is 13.2 Å². The summed E-state index contributed by atoms with van der Waals surface area (Å²) in [6.45, 7) is 2.96. The molecule has 1 fully saturated rings. The lowest BCUT2D eigenvalue weighted by atomic mass is 9.89. The first-order chi connectivity index (χ1) is 14.2. The lowest BCUT2D eigenvalue weighted by molar-refractivity contribution is 0.0398. The number of amides is 1. The van der Waals surface area contributed by atoms with Crippen molar-refractivity contribution in [1.29, 1.82) is 0 Å². The summed E-state index contributed by atoms with van der Waals surface area (Å²) < 4.78 is 11.0. The summed E-state index contributed by atoms with van der Waals surface area (Å²) in [5.74, 6) is 0.810. The van der Waals surface area contributed by atoms with Gasteiger partial charge in [-0.1, -0.05) is 24.3 Å². The number of fused-ring (bicyclic) bond motifs is 1. The van der Waals surface area contributed by atoms with Crippen LogP contribution in [0.4, 0.5) is 4.79 Å². The van der Waals surface area contributed by atoms with Gasteiger partial charge in [-0.25, -0.2) is 4.79 Å². The van der Waals surface area contributed by atoms with E-state index in [0.717, 1.165) is 51.2 Å². The van der Waals surface area contributed by atoms with Crippen molar-refractivity contribution in [3.05, 3.63) is 35.4 Å². The van der Waals surface area contributed by atoms with Gasteiger partial charge in [0, 0.05) is 39.3 Å². The molecule has 160 valence electrons. The average Bonchev–Trinajstić information content (AvgIpc) is 2.78. The Morgan fingerprint density at radius 2 is 2.03 bits per heavy atom.